The molecule has 5 fully saturated rings. The van der Waals surface area contributed by atoms with Crippen molar-refractivity contribution in [2.45, 2.75) is 132 Å². The van der Waals surface area contributed by atoms with Crippen LogP contribution in [0.5, 0.6) is 0 Å². The molecule has 0 amide bonds. The van der Waals surface area contributed by atoms with Crippen LogP contribution in [0.1, 0.15) is 126 Å². The number of hydrogen-bond donors (Lipinski definition) is 1. The van der Waals surface area contributed by atoms with E-state index >= 15 is 0 Å². The molecule has 2 spiro atoms. The van der Waals surface area contributed by atoms with Gasteiger partial charge in [-0.2, -0.15) is 0 Å². The first-order valence-electron chi connectivity index (χ1n) is 14.5. The normalized spacial score (nSPS) is 53.1. The Bertz CT molecular complexity index is 739. The zero-order chi connectivity index (χ0) is 23.3. The van der Waals surface area contributed by atoms with Crippen LogP contribution in [-0.4, -0.2) is 11.2 Å². The van der Waals surface area contributed by atoms with E-state index in [1.165, 1.54) is 64.2 Å². The van der Waals surface area contributed by atoms with Gasteiger partial charge in [-0.1, -0.05) is 68.2 Å². The molecule has 0 aromatic rings. The SMILES string of the molecule is CC(C)[C@@H](C)CC[C@@H](C)[C@H]1CC[C@@]2(C)[C@@H]3CC[C@@H]4C(C)(C)[C@@H](O)CC[C@@]45C[C@@]35CC[C@]12C. The van der Waals surface area contributed by atoms with E-state index in [1.807, 2.05) is 0 Å². The minimum Gasteiger partial charge on any atom is -0.393 e. The van der Waals surface area contributed by atoms with Gasteiger partial charge in [0.05, 0.1) is 6.10 Å². The molecule has 5 aliphatic carbocycles. The summed E-state index contributed by atoms with van der Waals surface area (Å²) in [7, 11) is 0. The Morgan fingerprint density at radius 3 is 2.06 bits per heavy atom. The molecule has 0 aliphatic heterocycles. The van der Waals surface area contributed by atoms with Crippen molar-refractivity contribution in [1.82, 2.24) is 0 Å². The summed E-state index contributed by atoms with van der Waals surface area (Å²) in [6.45, 7) is 20.2. The van der Waals surface area contributed by atoms with Crippen LogP contribution in [0.3, 0.4) is 0 Å². The first kappa shape index (κ1) is 23.7. The van der Waals surface area contributed by atoms with Gasteiger partial charge in [0.25, 0.3) is 0 Å². The number of aliphatic hydroxyl groups is 1. The highest BCUT2D eigenvalue weighted by Crippen LogP contribution is 2.89. The van der Waals surface area contributed by atoms with Crippen molar-refractivity contribution in [3.63, 3.8) is 0 Å². The first-order chi connectivity index (χ1) is 14.9. The number of aliphatic hydroxyl groups excluding tert-OH is 1. The van der Waals surface area contributed by atoms with Crippen LogP contribution in [0.2, 0.25) is 0 Å². The van der Waals surface area contributed by atoms with Crippen LogP contribution in [0.25, 0.3) is 0 Å². The number of fused-ring (bicyclic) bond motifs is 2. The van der Waals surface area contributed by atoms with Gasteiger partial charge < -0.3 is 5.11 Å². The van der Waals surface area contributed by atoms with Gasteiger partial charge in [0.15, 0.2) is 0 Å². The van der Waals surface area contributed by atoms with E-state index < -0.39 is 0 Å². The molecular formula is C31H54O. The molecule has 0 radical (unpaired) electrons. The number of rotatable bonds is 5. The molecule has 0 unspecified atom stereocenters. The standard InChI is InChI=1S/C31H54O/c1-20(2)21(3)9-10-22(4)23-13-15-29(8)25-12-11-24-27(5,6)26(32)14-16-30(24)19-31(25,30)18-17-28(23,29)7/h20-26,32H,9-19H2,1-8H3/t21-,22+,23+,24+,25-,26-,28+,29-,30+,31-/m0/s1. The van der Waals surface area contributed by atoms with E-state index in [1.54, 1.807) is 0 Å². The van der Waals surface area contributed by atoms with Gasteiger partial charge in [-0.15, -0.1) is 0 Å². The molecule has 0 aromatic heterocycles. The van der Waals surface area contributed by atoms with Crippen molar-refractivity contribution < 1.29 is 5.11 Å². The molecule has 5 saturated carbocycles. The van der Waals surface area contributed by atoms with Crippen molar-refractivity contribution in [3.8, 4) is 0 Å². The maximum atomic E-state index is 10.9. The second-order valence-electron chi connectivity index (χ2n) is 15.3. The average molecular weight is 443 g/mol. The fourth-order valence-electron chi connectivity index (χ4n) is 11.4. The van der Waals surface area contributed by atoms with Gasteiger partial charge >= 0.3 is 0 Å². The number of hydrogen-bond acceptors (Lipinski definition) is 1. The van der Waals surface area contributed by atoms with E-state index in [-0.39, 0.29) is 11.5 Å². The Morgan fingerprint density at radius 1 is 0.719 bits per heavy atom. The lowest BCUT2D eigenvalue weighted by Gasteiger charge is -2.63. The summed E-state index contributed by atoms with van der Waals surface area (Å²) in [5.74, 6) is 5.20. The Kier molecular flexibility index (Phi) is 5.36. The highest BCUT2D eigenvalue weighted by molar-refractivity contribution is 5.30. The molecule has 1 N–H and O–H groups in total. The minimum absolute atomic E-state index is 0.0818. The summed E-state index contributed by atoms with van der Waals surface area (Å²) in [4.78, 5) is 0. The molecule has 1 nitrogen and oxygen atoms in total. The van der Waals surface area contributed by atoms with E-state index in [9.17, 15) is 5.11 Å². The lowest BCUT2D eigenvalue weighted by Crippen LogP contribution is -2.57. The van der Waals surface area contributed by atoms with Crippen LogP contribution in [0, 0.1) is 62.6 Å². The fourth-order valence-corrected chi connectivity index (χ4v) is 11.4. The lowest BCUT2D eigenvalue weighted by atomic mass is 9.41. The monoisotopic (exact) mass is 442 g/mol. The summed E-state index contributed by atoms with van der Waals surface area (Å²) in [5, 5.41) is 10.9. The molecule has 5 aliphatic rings. The van der Waals surface area contributed by atoms with Crippen LogP contribution < -0.4 is 0 Å². The first-order valence-corrected chi connectivity index (χ1v) is 14.5. The predicted molar refractivity (Wildman–Crippen MR) is 135 cm³/mol. The second kappa shape index (κ2) is 7.24. The van der Waals surface area contributed by atoms with Gasteiger partial charge in [0, 0.05) is 0 Å². The van der Waals surface area contributed by atoms with E-state index in [2.05, 4.69) is 55.4 Å². The van der Waals surface area contributed by atoms with Crippen molar-refractivity contribution in [1.29, 1.82) is 0 Å². The Balaban J connectivity index is 1.38. The van der Waals surface area contributed by atoms with E-state index in [4.69, 9.17) is 0 Å². The van der Waals surface area contributed by atoms with Gasteiger partial charge in [0.2, 0.25) is 0 Å². The summed E-state index contributed by atoms with van der Waals surface area (Å²) in [5.41, 5.74) is 2.42. The van der Waals surface area contributed by atoms with Crippen LogP contribution in [0.15, 0.2) is 0 Å². The molecule has 5 rings (SSSR count). The molecule has 10 atom stereocenters. The summed E-state index contributed by atoms with van der Waals surface area (Å²) < 4.78 is 0. The smallest absolute Gasteiger partial charge is 0.0594 e. The third kappa shape index (κ3) is 2.79. The third-order valence-electron chi connectivity index (χ3n) is 14.1. The van der Waals surface area contributed by atoms with E-state index in [0.717, 1.165) is 41.9 Å². The molecule has 32 heavy (non-hydrogen) atoms. The fraction of sp³-hybridized carbons (Fsp3) is 1.00. The second-order valence-corrected chi connectivity index (χ2v) is 15.3. The predicted octanol–water partition coefficient (Wildman–Crippen LogP) is 8.49. The Labute approximate surface area is 199 Å². The topological polar surface area (TPSA) is 20.2 Å². The molecule has 0 aromatic carbocycles. The van der Waals surface area contributed by atoms with Crippen LogP contribution in [-0.2, 0) is 0 Å². The Morgan fingerprint density at radius 2 is 1.38 bits per heavy atom. The zero-order valence-electron chi connectivity index (χ0n) is 22.8. The van der Waals surface area contributed by atoms with Crippen molar-refractivity contribution in [2.75, 3.05) is 0 Å². The van der Waals surface area contributed by atoms with Gasteiger partial charge in [-0.25, -0.2) is 0 Å². The molecule has 184 valence electrons. The van der Waals surface area contributed by atoms with Crippen molar-refractivity contribution in [3.05, 3.63) is 0 Å². The zero-order valence-corrected chi connectivity index (χ0v) is 22.8. The van der Waals surface area contributed by atoms with Gasteiger partial charge in [-0.3, -0.25) is 0 Å². The molecule has 0 heterocycles. The van der Waals surface area contributed by atoms with Crippen LogP contribution in [0.4, 0.5) is 0 Å². The highest BCUT2D eigenvalue weighted by Gasteiger charge is 2.82. The summed E-state index contributed by atoms with van der Waals surface area (Å²) in [6, 6.07) is 0. The molecule has 1 heteroatoms. The van der Waals surface area contributed by atoms with Crippen molar-refractivity contribution in [2.24, 2.45) is 62.6 Å². The van der Waals surface area contributed by atoms with E-state index in [0.29, 0.717) is 21.7 Å². The maximum absolute atomic E-state index is 10.9. The lowest BCUT2D eigenvalue weighted by molar-refractivity contribution is -0.161. The largest absolute Gasteiger partial charge is 0.393 e. The van der Waals surface area contributed by atoms with Gasteiger partial charge in [0.1, 0.15) is 0 Å². The molecule has 0 saturated heterocycles. The quantitative estimate of drug-likeness (QED) is 0.452. The summed E-state index contributed by atoms with van der Waals surface area (Å²) >= 11 is 0. The average Bonchev–Trinajstić information content (AvgIpc) is 3.31. The maximum Gasteiger partial charge on any atom is 0.0594 e. The van der Waals surface area contributed by atoms with Gasteiger partial charge in [-0.05, 0) is 120 Å². The highest BCUT2D eigenvalue weighted by atomic mass is 16.3. The van der Waals surface area contributed by atoms with Crippen LogP contribution >= 0.6 is 0 Å². The third-order valence-corrected chi connectivity index (χ3v) is 14.1. The van der Waals surface area contributed by atoms with Crippen molar-refractivity contribution >= 4 is 0 Å². The summed E-state index contributed by atoms with van der Waals surface area (Å²) in [6.07, 6.45) is 15.4. The minimum atomic E-state index is -0.0818. The Hall–Kier alpha value is -0.0400. The molecular weight excluding hydrogens is 388 g/mol. The molecule has 0 bridgehead atoms.